The van der Waals surface area contributed by atoms with Crippen LogP contribution in [0.25, 0.3) is 0 Å². The van der Waals surface area contributed by atoms with Gasteiger partial charge in [-0.05, 0) is 62.9 Å². The van der Waals surface area contributed by atoms with Crippen LogP contribution in [0.15, 0.2) is 35.2 Å². The number of piperidine rings is 1. The predicted molar refractivity (Wildman–Crippen MR) is 96.2 cm³/mol. The first kappa shape index (κ1) is 17.9. The molecule has 1 saturated heterocycles. The van der Waals surface area contributed by atoms with Crippen LogP contribution < -0.4 is 4.74 Å². The number of aromatic nitrogens is 2. The van der Waals surface area contributed by atoms with E-state index in [-0.39, 0.29) is 0 Å². The highest BCUT2D eigenvalue weighted by Crippen LogP contribution is 2.26. The summed E-state index contributed by atoms with van der Waals surface area (Å²) in [6.07, 6.45) is 1.71. The van der Waals surface area contributed by atoms with Crippen LogP contribution in [0.2, 0.25) is 0 Å². The second-order valence-electron chi connectivity index (χ2n) is 6.63. The van der Waals surface area contributed by atoms with Crippen LogP contribution in [0.1, 0.15) is 24.2 Å². The molecule has 1 aromatic carbocycles. The molecule has 0 bridgehead atoms. The molecule has 0 atom stereocenters. The van der Waals surface area contributed by atoms with Gasteiger partial charge < -0.3 is 4.74 Å². The van der Waals surface area contributed by atoms with Gasteiger partial charge in [0, 0.05) is 25.3 Å². The first-order chi connectivity index (χ1) is 11.9. The number of aryl methyl sites for hydroxylation is 2. The molecule has 2 heterocycles. The quantitative estimate of drug-likeness (QED) is 0.819. The monoisotopic (exact) mass is 363 g/mol. The van der Waals surface area contributed by atoms with Gasteiger partial charge in [0.05, 0.1) is 17.7 Å². The fraction of sp³-hybridized carbons (Fsp3) is 0.500. The van der Waals surface area contributed by atoms with Crippen LogP contribution >= 0.6 is 0 Å². The van der Waals surface area contributed by atoms with Crippen molar-refractivity contribution in [2.75, 3.05) is 20.2 Å². The Hall–Kier alpha value is -1.86. The van der Waals surface area contributed by atoms with E-state index in [9.17, 15) is 8.42 Å². The smallest absolute Gasteiger partial charge is 0.243 e. The first-order valence-corrected chi connectivity index (χ1v) is 9.99. The van der Waals surface area contributed by atoms with Crippen LogP contribution in [0, 0.1) is 19.8 Å². The van der Waals surface area contributed by atoms with Crippen molar-refractivity contribution in [2.24, 2.45) is 5.92 Å². The Morgan fingerprint density at radius 1 is 1.16 bits per heavy atom. The van der Waals surface area contributed by atoms with Crippen molar-refractivity contribution in [3.05, 3.63) is 41.7 Å². The molecule has 1 aliphatic rings. The topological polar surface area (TPSA) is 64.4 Å². The maximum Gasteiger partial charge on any atom is 0.243 e. The minimum absolute atomic E-state index is 0.324. The van der Waals surface area contributed by atoms with Gasteiger partial charge in [0.1, 0.15) is 5.75 Å². The van der Waals surface area contributed by atoms with Gasteiger partial charge in [-0.1, -0.05) is 0 Å². The summed E-state index contributed by atoms with van der Waals surface area (Å²) in [7, 11) is -1.87. The van der Waals surface area contributed by atoms with Crippen LogP contribution in [0.3, 0.4) is 0 Å². The van der Waals surface area contributed by atoms with Gasteiger partial charge in [0.25, 0.3) is 0 Å². The van der Waals surface area contributed by atoms with Gasteiger partial charge in [-0.3, -0.25) is 4.68 Å². The molecule has 7 heteroatoms. The van der Waals surface area contributed by atoms with Crippen molar-refractivity contribution in [2.45, 2.75) is 38.1 Å². The second-order valence-corrected chi connectivity index (χ2v) is 8.57. The van der Waals surface area contributed by atoms with Gasteiger partial charge in [-0.15, -0.1) is 0 Å². The SMILES string of the molecule is COc1ccc(S(=O)(=O)N2CCC(Cn3nc(C)cc3C)CC2)cc1. The van der Waals surface area contributed by atoms with E-state index < -0.39 is 10.0 Å². The average Bonchev–Trinajstić information content (AvgIpc) is 2.92. The van der Waals surface area contributed by atoms with Crippen molar-refractivity contribution < 1.29 is 13.2 Å². The molecular weight excluding hydrogens is 338 g/mol. The molecule has 6 nitrogen and oxygen atoms in total. The highest BCUT2D eigenvalue weighted by Gasteiger charge is 2.29. The molecule has 0 unspecified atom stereocenters. The number of sulfonamides is 1. The third kappa shape index (κ3) is 3.88. The molecular formula is C18H25N3O3S. The van der Waals surface area contributed by atoms with E-state index in [1.54, 1.807) is 35.7 Å². The third-order valence-corrected chi connectivity index (χ3v) is 6.72. The molecule has 25 heavy (non-hydrogen) atoms. The Morgan fingerprint density at radius 3 is 2.32 bits per heavy atom. The summed E-state index contributed by atoms with van der Waals surface area (Å²) >= 11 is 0. The lowest BCUT2D eigenvalue weighted by Crippen LogP contribution is -2.39. The van der Waals surface area contributed by atoms with E-state index in [0.717, 1.165) is 30.8 Å². The Bertz CT molecular complexity index is 820. The highest BCUT2D eigenvalue weighted by atomic mass is 32.2. The molecule has 3 rings (SSSR count). The van der Waals surface area contributed by atoms with Gasteiger partial charge in [0.2, 0.25) is 10.0 Å². The highest BCUT2D eigenvalue weighted by molar-refractivity contribution is 7.89. The number of ether oxygens (including phenoxy) is 1. The largest absolute Gasteiger partial charge is 0.497 e. The molecule has 1 aromatic heterocycles. The number of methoxy groups -OCH3 is 1. The standard InChI is InChI=1S/C18H25N3O3S/c1-14-12-15(2)21(19-14)13-16-8-10-20(11-9-16)25(22,23)18-6-4-17(24-3)5-7-18/h4-7,12,16H,8-11,13H2,1-3H3. The molecule has 136 valence electrons. The molecule has 0 aliphatic carbocycles. The second kappa shape index (κ2) is 7.17. The Morgan fingerprint density at radius 2 is 1.80 bits per heavy atom. The molecule has 1 fully saturated rings. The maximum absolute atomic E-state index is 12.8. The lowest BCUT2D eigenvalue weighted by molar-refractivity contribution is 0.246. The summed E-state index contributed by atoms with van der Waals surface area (Å²) in [6, 6.07) is 8.65. The van der Waals surface area contributed by atoms with E-state index in [4.69, 9.17) is 4.74 Å². The number of benzene rings is 1. The zero-order valence-electron chi connectivity index (χ0n) is 15.0. The maximum atomic E-state index is 12.8. The van der Waals surface area contributed by atoms with E-state index in [1.807, 2.05) is 11.6 Å². The van der Waals surface area contributed by atoms with E-state index >= 15 is 0 Å². The molecule has 0 amide bonds. The fourth-order valence-corrected chi connectivity index (χ4v) is 4.80. The van der Waals surface area contributed by atoms with Crippen molar-refractivity contribution in [1.82, 2.24) is 14.1 Å². The molecule has 1 aliphatic heterocycles. The minimum atomic E-state index is -3.43. The first-order valence-electron chi connectivity index (χ1n) is 8.55. The predicted octanol–water partition coefficient (Wildman–Crippen LogP) is 2.61. The fourth-order valence-electron chi connectivity index (χ4n) is 3.33. The van der Waals surface area contributed by atoms with E-state index in [2.05, 4.69) is 18.1 Å². The lowest BCUT2D eigenvalue weighted by Gasteiger charge is -2.31. The van der Waals surface area contributed by atoms with Crippen LogP contribution in [0.5, 0.6) is 5.75 Å². The van der Waals surface area contributed by atoms with Gasteiger partial charge in [-0.25, -0.2) is 8.42 Å². The van der Waals surface area contributed by atoms with Gasteiger partial charge in [0.15, 0.2) is 0 Å². The summed E-state index contributed by atoms with van der Waals surface area (Å²) < 4.78 is 34.3. The van der Waals surface area contributed by atoms with Crippen molar-refractivity contribution in [3.63, 3.8) is 0 Å². The van der Waals surface area contributed by atoms with Crippen LogP contribution in [-0.4, -0.2) is 42.7 Å². The Balaban J connectivity index is 1.63. The number of hydrogen-bond donors (Lipinski definition) is 0. The molecule has 0 N–H and O–H groups in total. The van der Waals surface area contributed by atoms with E-state index in [1.165, 1.54) is 0 Å². The zero-order valence-corrected chi connectivity index (χ0v) is 15.8. The zero-order chi connectivity index (χ0) is 18.0. The van der Waals surface area contributed by atoms with Crippen molar-refractivity contribution >= 4 is 10.0 Å². The summed E-state index contributed by atoms with van der Waals surface area (Å²) in [4.78, 5) is 0.324. The van der Waals surface area contributed by atoms with Crippen molar-refractivity contribution in [1.29, 1.82) is 0 Å². The molecule has 0 saturated carbocycles. The Kier molecular flexibility index (Phi) is 5.15. The van der Waals surface area contributed by atoms with Crippen LogP contribution in [-0.2, 0) is 16.6 Å². The molecule has 0 spiro atoms. The lowest BCUT2D eigenvalue weighted by atomic mass is 9.98. The Labute approximate surface area is 149 Å². The molecule has 2 aromatic rings. The number of nitrogens with zero attached hydrogens (tertiary/aromatic N) is 3. The van der Waals surface area contributed by atoms with Crippen LogP contribution in [0.4, 0.5) is 0 Å². The normalized spacial score (nSPS) is 16.9. The van der Waals surface area contributed by atoms with Gasteiger partial charge in [-0.2, -0.15) is 9.40 Å². The summed E-state index contributed by atoms with van der Waals surface area (Å²) in [5.74, 6) is 1.11. The summed E-state index contributed by atoms with van der Waals surface area (Å²) in [6.45, 7) is 6.02. The van der Waals surface area contributed by atoms with Gasteiger partial charge >= 0.3 is 0 Å². The number of rotatable bonds is 5. The van der Waals surface area contributed by atoms with E-state index in [0.29, 0.717) is 29.7 Å². The summed E-state index contributed by atoms with van der Waals surface area (Å²) in [5.41, 5.74) is 2.18. The average molecular weight is 363 g/mol. The summed E-state index contributed by atoms with van der Waals surface area (Å²) in [5, 5.41) is 4.51. The minimum Gasteiger partial charge on any atom is -0.497 e. The van der Waals surface area contributed by atoms with Crippen molar-refractivity contribution in [3.8, 4) is 5.75 Å². The third-order valence-electron chi connectivity index (χ3n) is 4.81. The molecule has 0 radical (unpaired) electrons. The number of hydrogen-bond acceptors (Lipinski definition) is 4.